The van der Waals surface area contributed by atoms with Gasteiger partial charge in [-0.05, 0) is 6.92 Å². The fourth-order valence-electron chi connectivity index (χ4n) is 1.50. The van der Waals surface area contributed by atoms with Crippen molar-refractivity contribution in [2.45, 2.75) is 25.6 Å². The standard InChI is InChI=1S/C10H14F3N3O4S/c1-6(16-21(2,18)19)9(17)20-4-3-7-5-14-15-8(7)10(11,12)13/h5-6,16H,3-4H2,1-2H3,(H,14,15)/t6-/m1/s1. The number of halogens is 3. The molecular formula is C10H14F3N3O4S. The molecule has 120 valence electrons. The molecule has 0 saturated heterocycles. The fourth-order valence-corrected chi connectivity index (χ4v) is 2.24. The van der Waals surface area contributed by atoms with Gasteiger partial charge in [0.1, 0.15) is 11.7 Å². The minimum Gasteiger partial charge on any atom is -0.464 e. The Kier molecular flexibility index (Phi) is 5.34. The number of sulfonamides is 1. The number of carbonyl (C=O) groups excluding carboxylic acids is 1. The molecule has 0 amide bonds. The molecule has 0 aliphatic carbocycles. The average Bonchev–Trinajstić information content (AvgIpc) is 2.74. The molecule has 0 aromatic carbocycles. The third-order valence-electron chi connectivity index (χ3n) is 2.36. The number of hydrogen-bond acceptors (Lipinski definition) is 5. The van der Waals surface area contributed by atoms with E-state index in [4.69, 9.17) is 4.74 Å². The molecule has 0 unspecified atom stereocenters. The molecule has 1 heterocycles. The van der Waals surface area contributed by atoms with Crippen LogP contribution in [0.3, 0.4) is 0 Å². The van der Waals surface area contributed by atoms with Crippen LogP contribution in [0.2, 0.25) is 0 Å². The zero-order valence-corrected chi connectivity index (χ0v) is 12.0. The van der Waals surface area contributed by atoms with E-state index in [2.05, 4.69) is 5.10 Å². The third-order valence-corrected chi connectivity index (χ3v) is 3.14. The SMILES string of the molecule is C[C@@H](NS(C)(=O)=O)C(=O)OCCc1cn[nH]c1C(F)(F)F. The lowest BCUT2D eigenvalue weighted by atomic mass is 10.2. The monoisotopic (exact) mass is 329 g/mol. The second kappa shape index (κ2) is 6.43. The normalized spacial score (nSPS) is 14.0. The second-order valence-electron chi connectivity index (χ2n) is 4.30. The Morgan fingerprint density at radius 2 is 2.14 bits per heavy atom. The van der Waals surface area contributed by atoms with Gasteiger partial charge in [0, 0.05) is 12.0 Å². The Hall–Kier alpha value is -1.62. The molecule has 0 spiro atoms. The number of rotatable bonds is 6. The van der Waals surface area contributed by atoms with Gasteiger partial charge in [-0.1, -0.05) is 0 Å². The number of nitrogens with zero attached hydrogens (tertiary/aromatic N) is 1. The third kappa shape index (κ3) is 5.71. The van der Waals surface area contributed by atoms with Crippen LogP contribution in [0.4, 0.5) is 13.2 Å². The number of aromatic nitrogens is 2. The molecule has 1 rings (SSSR count). The molecule has 2 N–H and O–H groups in total. The molecule has 1 aromatic rings. The highest BCUT2D eigenvalue weighted by Crippen LogP contribution is 2.30. The summed E-state index contributed by atoms with van der Waals surface area (Å²) in [6.45, 7) is 0.944. The van der Waals surface area contributed by atoms with Crippen LogP contribution >= 0.6 is 0 Å². The first-order valence-corrected chi connectivity index (χ1v) is 7.63. The van der Waals surface area contributed by atoms with Gasteiger partial charge < -0.3 is 4.74 Å². The summed E-state index contributed by atoms with van der Waals surface area (Å²) in [6, 6.07) is -1.12. The van der Waals surface area contributed by atoms with Crippen LogP contribution in [-0.4, -0.2) is 43.5 Å². The number of H-pyrrole nitrogens is 1. The van der Waals surface area contributed by atoms with Crippen LogP contribution < -0.4 is 4.72 Å². The molecule has 21 heavy (non-hydrogen) atoms. The molecule has 0 radical (unpaired) electrons. The summed E-state index contributed by atoms with van der Waals surface area (Å²) in [7, 11) is -3.58. The largest absolute Gasteiger partial charge is 0.464 e. The first-order valence-electron chi connectivity index (χ1n) is 5.74. The number of hydrogen-bond donors (Lipinski definition) is 2. The summed E-state index contributed by atoms with van der Waals surface area (Å²) in [5, 5.41) is 5.12. The number of carbonyl (C=O) groups is 1. The number of aromatic amines is 1. The van der Waals surface area contributed by atoms with Gasteiger partial charge in [-0.25, -0.2) is 13.1 Å². The molecule has 7 nitrogen and oxygen atoms in total. The highest BCUT2D eigenvalue weighted by Gasteiger charge is 2.35. The van der Waals surface area contributed by atoms with E-state index >= 15 is 0 Å². The van der Waals surface area contributed by atoms with E-state index in [1.807, 2.05) is 9.82 Å². The van der Waals surface area contributed by atoms with E-state index in [0.29, 0.717) is 0 Å². The summed E-state index contributed by atoms with van der Waals surface area (Å²) < 4.78 is 66.1. The van der Waals surface area contributed by atoms with Gasteiger partial charge in [0.05, 0.1) is 19.1 Å². The zero-order chi connectivity index (χ0) is 16.3. The van der Waals surface area contributed by atoms with Gasteiger partial charge in [0.15, 0.2) is 0 Å². The van der Waals surface area contributed by atoms with Crippen molar-refractivity contribution in [1.82, 2.24) is 14.9 Å². The minimum absolute atomic E-state index is 0.140. The lowest BCUT2D eigenvalue weighted by Crippen LogP contribution is -2.39. The van der Waals surface area contributed by atoms with E-state index in [0.717, 1.165) is 12.5 Å². The lowest BCUT2D eigenvalue weighted by molar-refractivity contribution is -0.145. The molecule has 0 bridgehead atoms. The van der Waals surface area contributed by atoms with Crippen LogP contribution in [0.15, 0.2) is 6.20 Å². The molecule has 0 aliphatic rings. The van der Waals surface area contributed by atoms with Gasteiger partial charge in [0.2, 0.25) is 10.0 Å². The lowest BCUT2D eigenvalue weighted by Gasteiger charge is -2.12. The predicted molar refractivity (Wildman–Crippen MR) is 65.7 cm³/mol. The van der Waals surface area contributed by atoms with E-state index in [9.17, 15) is 26.4 Å². The number of alkyl halides is 3. The van der Waals surface area contributed by atoms with Crippen molar-refractivity contribution >= 4 is 16.0 Å². The van der Waals surface area contributed by atoms with Crippen molar-refractivity contribution < 1.29 is 31.1 Å². The zero-order valence-electron chi connectivity index (χ0n) is 11.2. The van der Waals surface area contributed by atoms with Crippen molar-refractivity contribution in [1.29, 1.82) is 0 Å². The summed E-state index contributed by atoms with van der Waals surface area (Å²) in [6.07, 6.45) is -2.89. The van der Waals surface area contributed by atoms with E-state index in [1.165, 1.54) is 6.92 Å². The second-order valence-corrected chi connectivity index (χ2v) is 6.08. The predicted octanol–water partition coefficient (Wildman–Crippen LogP) is 0.452. The highest BCUT2D eigenvalue weighted by molar-refractivity contribution is 7.88. The highest BCUT2D eigenvalue weighted by atomic mass is 32.2. The fraction of sp³-hybridized carbons (Fsp3) is 0.600. The molecule has 11 heteroatoms. The summed E-state index contributed by atoms with van der Waals surface area (Å²) in [4.78, 5) is 11.4. The van der Waals surface area contributed by atoms with Gasteiger partial charge in [0.25, 0.3) is 0 Å². The quantitative estimate of drug-likeness (QED) is 0.738. The maximum atomic E-state index is 12.5. The molecule has 0 aliphatic heterocycles. The number of nitrogens with one attached hydrogen (secondary N) is 2. The Morgan fingerprint density at radius 1 is 1.52 bits per heavy atom. The van der Waals surface area contributed by atoms with Crippen LogP contribution in [-0.2, 0) is 32.2 Å². The summed E-state index contributed by atoms with van der Waals surface area (Å²) >= 11 is 0. The smallest absolute Gasteiger partial charge is 0.433 e. The molecule has 1 atom stereocenters. The van der Waals surface area contributed by atoms with Gasteiger partial charge in [-0.2, -0.15) is 18.3 Å². The number of esters is 1. The topological polar surface area (TPSA) is 101 Å². The maximum Gasteiger partial charge on any atom is 0.433 e. The van der Waals surface area contributed by atoms with Gasteiger partial charge in [-0.15, -0.1) is 0 Å². The molecule has 0 fully saturated rings. The Morgan fingerprint density at radius 3 is 2.67 bits per heavy atom. The average molecular weight is 329 g/mol. The van der Waals surface area contributed by atoms with E-state index < -0.39 is 33.9 Å². The summed E-state index contributed by atoms with van der Waals surface area (Å²) in [5.41, 5.74) is -1.14. The van der Waals surface area contributed by atoms with E-state index in [-0.39, 0.29) is 18.6 Å². The summed E-state index contributed by atoms with van der Waals surface area (Å²) in [5.74, 6) is -0.877. The molecule has 1 aromatic heterocycles. The van der Waals surface area contributed by atoms with Gasteiger partial charge in [-0.3, -0.25) is 9.89 Å². The van der Waals surface area contributed by atoms with Crippen LogP contribution in [0.1, 0.15) is 18.2 Å². The maximum absolute atomic E-state index is 12.5. The van der Waals surface area contributed by atoms with Crippen molar-refractivity contribution in [2.75, 3.05) is 12.9 Å². The minimum atomic E-state index is -4.57. The number of ether oxygens (including phenoxy) is 1. The molecular weight excluding hydrogens is 315 g/mol. The van der Waals surface area contributed by atoms with Crippen molar-refractivity contribution in [3.63, 3.8) is 0 Å². The van der Waals surface area contributed by atoms with Crippen LogP contribution in [0.25, 0.3) is 0 Å². The Bertz CT molecular complexity index is 597. The van der Waals surface area contributed by atoms with Crippen molar-refractivity contribution in [3.05, 3.63) is 17.5 Å². The van der Waals surface area contributed by atoms with Gasteiger partial charge >= 0.3 is 12.1 Å². The molecule has 0 saturated carbocycles. The van der Waals surface area contributed by atoms with Crippen molar-refractivity contribution in [3.8, 4) is 0 Å². The Labute approximate surface area is 118 Å². The van der Waals surface area contributed by atoms with Crippen LogP contribution in [0.5, 0.6) is 0 Å². The van der Waals surface area contributed by atoms with E-state index in [1.54, 1.807) is 0 Å². The Balaban J connectivity index is 2.51. The van der Waals surface area contributed by atoms with Crippen molar-refractivity contribution in [2.24, 2.45) is 0 Å². The van der Waals surface area contributed by atoms with Crippen LogP contribution in [0, 0.1) is 0 Å². The first kappa shape index (κ1) is 17.4. The first-order chi connectivity index (χ1) is 9.50.